The van der Waals surface area contributed by atoms with Crippen molar-refractivity contribution in [3.63, 3.8) is 0 Å². The van der Waals surface area contributed by atoms with Gasteiger partial charge in [-0.25, -0.2) is 9.78 Å². The van der Waals surface area contributed by atoms with Gasteiger partial charge in [0.05, 0.1) is 5.69 Å². The lowest BCUT2D eigenvalue weighted by Crippen LogP contribution is -2.26. The van der Waals surface area contributed by atoms with Crippen LogP contribution in [0.3, 0.4) is 0 Å². The van der Waals surface area contributed by atoms with Crippen molar-refractivity contribution >= 4 is 6.09 Å². The molecule has 0 aliphatic heterocycles. The molecule has 5 nitrogen and oxygen atoms in total. The molecule has 5 heteroatoms. The number of nitrogens with zero attached hydrogens (tertiary/aromatic N) is 1. The molecule has 0 saturated heterocycles. The maximum atomic E-state index is 11.4. The van der Waals surface area contributed by atoms with Gasteiger partial charge < -0.3 is 14.5 Å². The Kier molecular flexibility index (Phi) is 4.35. The fourth-order valence-electron chi connectivity index (χ4n) is 1.43. The zero-order valence-corrected chi connectivity index (χ0v) is 9.83. The summed E-state index contributed by atoms with van der Waals surface area (Å²) in [4.78, 5) is 15.3. The van der Waals surface area contributed by atoms with E-state index in [-0.39, 0.29) is 6.61 Å². The molecule has 2 rings (SSSR count). The highest BCUT2D eigenvalue weighted by Crippen LogP contribution is 2.00. The average Bonchev–Trinajstić information content (AvgIpc) is 2.91. The summed E-state index contributed by atoms with van der Waals surface area (Å²) in [5.41, 5.74) is 1.77. The molecule has 0 aliphatic carbocycles. The molecule has 0 saturated carbocycles. The van der Waals surface area contributed by atoms with Gasteiger partial charge in [-0.3, -0.25) is 0 Å². The molecule has 1 aromatic carbocycles. The van der Waals surface area contributed by atoms with Crippen LogP contribution in [0, 0.1) is 0 Å². The zero-order valence-electron chi connectivity index (χ0n) is 9.83. The highest BCUT2D eigenvalue weighted by molar-refractivity contribution is 5.67. The second-order valence-corrected chi connectivity index (χ2v) is 3.72. The Morgan fingerprint density at radius 1 is 1.33 bits per heavy atom. The van der Waals surface area contributed by atoms with Crippen molar-refractivity contribution < 1.29 is 13.9 Å². The SMILES string of the molecule is O=C(NCCc1cocn1)OCc1ccccc1. The molecule has 1 amide bonds. The predicted molar refractivity (Wildman–Crippen MR) is 64.8 cm³/mol. The maximum absolute atomic E-state index is 11.4. The Bertz CT molecular complexity index is 468. The van der Waals surface area contributed by atoms with E-state index in [9.17, 15) is 4.79 Å². The van der Waals surface area contributed by atoms with E-state index < -0.39 is 6.09 Å². The van der Waals surface area contributed by atoms with Crippen LogP contribution in [-0.2, 0) is 17.8 Å². The number of amides is 1. The van der Waals surface area contributed by atoms with Gasteiger partial charge in [0, 0.05) is 13.0 Å². The number of alkyl carbamates (subject to hydrolysis) is 1. The molecule has 0 radical (unpaired) electrons. The van der Waals surface area contributed by atoms with Gasteiger partial charge >= 0.3 is 6.09 Å². The van der Waals surface area contributed by atoms with Gasteiger partial charge in [-0.1, -0.05) is 30.3 Å². The molecule has 1 aromatic heterocycles. The van der Waals surface area contributed by atoms with Gasteiger partial charge in [0.2, 0.25) is 0 Å². The van der Waals surface area contributed by atoms with Gasteiger partial charge in [-0.05, 0) is 5.56 Å². The minimum absolute atomic E-state index is 0.274. The lowest BCUT2D eigenvalue weighted by molar-refractivity contribution is 0.140. The first-order chi connectivity index (χ1) is 8.84. The number of carbonyl (C=O) groups is 1. The number of oxazole rings is 1. The summed E-state index contributed by atoms with van der Waals surface area (Å²) >= 11 is 0. The number of benzene rings is 1. The standard InChI is InChI=1S/C13H14N2O3/c16-13(14-7-6-12-9-17-10-15-12)18-8-11-4-2-1-3-5-11/h1-5,9-10H,6-8H2,(H,14,16). The Hall–Kier alpha value is -2.30. The average molecular weight is 246 g/mol. The van der Waals surface area contributed by atoms with Crippen molar-refractivity contribution in [1.29, 1.82) is 0 Å². The highest BCUT2D eigenvalue weighted by Gasteiger charge is 2.02. The van der Waals surface area contributed by atoms with E-state index in [1.807, 2.05) is 30.3 Å². The van der Waals surface area contributed by atoms with Gasteiger partial charge in [0.25, 0.3) is 0 Å². The molecule has 0 bridgehead atoms. The van der Waals surface area contributed by atoms with Crippen LogP contribution in [0.5, 0.6) is 0 Å². The molecule has 2 aromatic rings. The van der Waals surface area contributed by atoms with Crippen molar-refractivity contribution in [2.45, 2.75) is 13.0 Å². The van der Waals surface area contributed by atoms with Crippen molar-refractivity contribution in [2.24, 2.45) is 0 Å². The Morgan fingerprint density at radius 3 is 2.89 bits per heavy atom. The van der Waals surface area contributed by atoms with E-state index in [1.165, 1.54) is 6.39 Å². The lowest BCUT2D eigenvalue weighted by atomic mass is 10.2. The Morgan fingerprint density at radius 2 is 2.17 bits per heavy atom. The monoisotopic (exact) mass is 246 g/mol. The van der Waals surface area contributed by atoms with Crippen molar-refractivity contribution in [2.75, 3.05) is 6.54 Å². The summed E-state index contributed by atoms with van der Waals surface area (Å²) in [5.74, 6) is 0. The second-order valence-electron chi connectivity index (χ2n) is 3.72. The molecule has 18 heavy (non-hydrogen) atoms. The number of aromatic nitrogens is 1. The third kappa shape index (κ3) is 3.93. The fourth-order valence-corrected chi connectivity index (χ4v) is 1.43. The van der Waals surface area contributed by atoms with Crippen molar-refractivity contribution in [3.05, 3.63) is 54.2 Å². The van der Waals surface area contributed by atoms with Crippen LogP contribution in [0.4, 0.5) is 4.79 Å². The predicted octanol–water partition coefficient (Wildman–Crippen LogP) is 2.14. The molecule has 0 fully saturated rings. The minimum Gasteiger partial charge on any atom is -0.451 e. The fraction of sp³-hybridized carbons (Fsp3) is 0.231. The third-order valence-electron chi connectivity index (χ3n) is 2.35. The number of ether oxygens (including phenoxy) is 1. The van der Waals surface area contributed by atoms with E-state index in [0.717, 1.165) is 11.3 Å². The van der Waals surface area contributed by atoms with Gasteiger partial charge in [0.15, 0.2) is 6.39 Å². The summed E-state index contributed by atoms with van der Waals surface area (Å²) in [6.45, 7) is 0.747. The normalized spacial score (nSPS) is 10.0. The second kappa shape index (κ2) is 6.44. The first kappa shape index (κ1) is 12.2. The number of nitrogens with one attached hydrogen (secondary N) is 1. The number of hydrogen-bond acceptors (Lipinski definition) is 4. The third-order valence-corrected chi connectivity index (χ3v) is 2.35. The van der Waals surface area contributed by atoms with Crippen molar-refractivity contribution in [1.82, 2.24) is 10.3 Å². The summed E-state index contributed by atoms with van der Waals surface area (Å²) in [5, 5.41) is 2.65. The Balaban J connectivity index is 1.63. The van der Waals surface area contributed by atoms with Crippen LogP contribution in [-0.4, -0.2) is 17.6 Å². The van der Waals surface area contributed by atoms with Gasteiger partial charge in [0.1, 0.15) is 12.9 Å². The highest BCUT2D eigenvalue weighted by atomic mass is 16.5. The summed E-state index contributed by atoms with van der Waals surface area (Å²) < 4.78 is 9.88. The Labute approximate surface area is 105 Å². The molecule has 0 atom stereocenters. The summed E-state index contributed by atoms with van der Waals surface area (Å²) in [7, 11) is 0. The van der Waals surface area contributed by atoms with E-state index in [0.29, 0.717) is 13.0 Å². The van der Waals surface area contributed by atoms with E-state index >= 15 is 0 Å². The number of carbonyl (C=O) groups excluding carboxylic acids is 1. The first-order valence-electron chi connectivity index (χ1n) is 5.66. The van der Waals surface area contributed by atoms with Crippen molar-refractivity contribution in [3.8, 4) is 0 Å². The van der Waals surface area contributed by atoms with Gasteiger partial charge in [-0.15, -0.1) is 0 Å². The number of hydrogen-bond donors (Lipinski definition) is 1. The molecule has 0 aliphatic rings. The van der Waals surface area contributed by atoms with Crippen LogP contribution in [0.25, 0.3) is 0 Å². The molecular formula is C13H14N2O3. The summed E-state index contributed by atoms with van der Waals surface area (Å²) in [6.07, 6.45) is 3.11. The van der Waals surface area contributed by atoms with Crippen LogP contribution in [0.2, 0.25) is 0 Å². The largest absolute Gasteiger partial charge is 0.451 e. The van der Waals surface area contributed by atoms with Crippen LogP contribution < -0.4 is 5.32 Å². The minimum atomic E-state index is -0.428. The molecular weight excluding hydrogens is 232 g/mol. The van der Waals surface area contributed by atoms with E-state index in [4.69, 9.17) is 9.15 Å². The van der Waals surface area contributed by atoms with Gasteiger partial charge in [-0.2, -0.15) is 0 Å². The van der Waals surface area contributed by atoms with Crippen LogP contribution >= 0.6 is 0 Å². The topological polar surface area (TPSA) is 64.4 Å². The molecule has 0 spiro atoms. The smallest absolute Gasteiger partial charge is 0.407 e. The molecule has 0 unspecified atom stereocenters. The first-order valence-corrected chi connectivity index (χ1v) is 5.66. The van der Waals surface area contributed by atoms with E-state index in [1.54, 1.807) is 6.26 Å². The molecule has 1 N–H and O–H groups in total. The zero-order chi connectivity index (χ0) is 12.6. The van der Waals surface area contributed by atoms with Crippen LogP contribution in [0.15, 0.2) is 47.4 Å². The molecule has 1 heterocycles. The van der Waals surface area contributed by atoms with Crippen LogP contribution in [0.1, 0.15) is 11.3 Å². The molecule has 94 valence electrons. The number of rotatable bonds is 5. The quantitative estimate of drug-likeness (QED) is 0.877. The summed E-state index contributed by atoms with van der Waals surface area (Å²) in [6, 6.07) is 9.54. The lowest BCUT2D eigenvalue weighted by Gasteiger charge is -2.06. The maximum Gasteiger partial charge on any atom is 0.407 e. The van der Waals surface area contributed by atoms with E-state index in [2.05, 4.69) is 10.3 Å².